The van der Waals surface area contributed by atoms with Crippen LogP contribution in [-0.2, 0) is 0 Å². The van der Waals surface area contributed by atoms with E-state index in [4.69, 9.17) is 0 Å². The van der Waals surface area contributed by atoms with E-state index in [1.165, 1.54) is 16.7 Å². The minimum absolute atomic E-state index is 0.977. The zero-order valence-electron chi connectivity index (χ0n) is 9.30. The lowest BCUT2D eigenvalue weighted by Crippen LogP contribution is -2.09. The Kier molecular flexibility index (Phi) is 4.41. The first-order valence-corrected chi connectivity index (χ1v) is 5.17. The monoisotopic (exact) mass is 189 g/mol. The first-order valence-electron chi connectivity index (χ1n) is 5.17. The quantitative estimate of drug-likeness (QED) is 0.767. The van der Waals surface area contributed by atoms with Crippen molar-refractivity contribution in [1.82, 2.24) is 5.32 Å². The van der Waals surface area contributed by atoms with Gasteiger partial charge in [-0.3, -0.25) is 0 Å². The number of hydrogen-bond acceptors (Lipinski definition) is 1. The van der Waals surface area contributed by atoms with Gasteiger partial charge < -0.3 is 5.32 Å². The largest absolute Gasteiger partial charge is 0.316 e. The lowest BCUT2D eigenvalue weighted by molar-refractivity contribution is 0.851. The van der Waals surface area contributed by atoms with Crippen LogP contribution in [0.4, 0.5) is 0 Å². The summed E-state index contributed by atoms with van der Waals surface area (Å²) in [7, 11) is 1.99. The van der Waals surface area contributed by atoms with Crippen LogP contribution < -0.4 is 5.32 Å². The summed E-state index contributed by atoms with van der Waals surface area (Å²) in [5.41, 5.74) is 4.06. The molecule has 1 N–H and O–H groups in total. The highest BCUT2D eigenvalue weighted by Gasteiger charge is 1.94. The van der Waals surface area contributed by atoms with Gasteiger partial charge in [0.25, 0.3) is 0 Å². The molecular weight excluding hydrogens is 170 g/mol. The third-order valence-electron chi connectivity index (χ3n) is 2.27. The molecule has 0 aromatic heterocycles. The molecule has 0 unspecified atom stereocenters. The smallest absolute Gasteiger partial charge is 0.0164 e. The van der Waals surface area contributed by atoms with Gasteiger partial charge in [0.2, 0.25) is 0 Å². The van der Waals surface area contributed by atoms with Gasteiger partial charge in [-0.1, -0.05) is 48.4 Å². The first kappa shape index (κ1) is 11.0. The summed E-state index contributed by atoms with van der Waals surface area (Å²) in [5.74, 6) is 0. The van der Waals surface area contributed by atoms with Gasteiger partial charge >= 0.3 is 0 Å². The summed E-state index contributed by atoms with van der Waals surface area (Å²) in [6.45, 7) is 5.30. The molecule has 0 aliphatic rings. The van der Waals surface area contributed by atoms with Gasteiger partial charge in [0, 0.05) is 6.54 Å². The number of likely N-dealkylation sites (N-methyl/N-ethyl adjacent to an activating group) is 1. The molecule has 1 rings (SSSR count). The van der Waals surface area contributed by atoms with Gasteiger partial charge in [0.15, 0.2) is 0 Å². The summed E-state index contributed by atoms with van der Waals surface area (Å²) in [5, 5.41) is 3.19. The van der Waals surface area contributed by atoms with E-state index in [9.17, 15) is 0 Å². The topological polar surface area (TPSA) is 12.0 Å². The van der Waals surface area contributed by atoms with Crippen molar-refractivity contribution >= 4 is 6.08 Å². The Balaban J connectivity index is 2.83. The number of benzene rings is 1. The number of rotatable bonds is 4. The molecule has 76 valence electrons. The molecule has 0 aliphatic carbocycles. The van der Waals surface area contributed by atoms with Crippen LogP contribution in [0.2, 0.25) is 0 Å². The third kappa shape index (κ3) is 3.35. The van der Waals surface area contributed by atoms with Crippen molar-refractivity contribution in [2.45, 2.75) is 20.3 Å². The fourth-order valence-corrected chi connectivity index (χ4v) is 1.50. The van der Waals surface area contributed by atoms with Crippen molar-refractivity contribution in [2.75, 3.05) is 13.6 Å². The Hall–Kier alpha value is -1.08. The highest BCUT2D eigenvalue weighted by atomic mass is 14.8. The highest BCUT2D eigenvalue weighted by Crippen LogP contribution is 2.10. The van der Waals surface area contributed by atoms with E-state index in [0.29, 0.717) is 0 Å². The summed E-state index contributed by atoms with van der Waals surface area (Å²) in [6.07, 6.45) is 3.37. The van der Waals surface area contributed by atoms with Crippen LogP contribution in [0.15, 0.2) is 29.8 Å². The Bertz CT molecular complexity index is 313. The molecule has 14 heavy (non-hydrogen) atoms. The minimum Gasteiger partial charge on any atom is -0.316 e. The van der Waals surface area contributed by atoms with Crippen LogP contribution in [0.1, 0.15) is 24.5 Å². The molecule has 0 saturated carbocycles. The SMILES string of the molecule is CCC(=Cc1cccc(C)c1)CNC. The highest BCUT2D eigenvalue weighted by molar-refractivity contribution is 5.53. The maximum Gasteiger partial charge on any atom is 0.0164 e. The van der Waals surface area contributed by atoms with Crippen LogP contribution in [-0.4, -0.2) is 13.6 Å². The number of aryl methyl sites for hydroxylation is 1. The number of nitrogens with one attached hydrogen (secondary N) is 1. The molecule has 0 heterocycles. The standard InChI is InChI=1S/C13H19N/c1-4-12(10-14-3)9-13-7-5-6-11(2)8-13/h5-9,14H,4,10H2,1-3H3. The van der Waals surface area contributed by atoms with E-state index in [1.54, 1.807) is 0 Å². The Morgan fingerprint density at radius 2 is 2.21 bits per heavy atom. The van der Waals surface area contributed by atoms with Gasteiger partial charge in [-0.15, -0.1) is 0 Å². The van der Waals surface area contributed by atoms with Gasteiger partial charge in [-0.25, -0.2) is 0 Å². The Morgan fingerprint density at radius 3 is 2.79 bits per heavy atom. The molecule has 0 amide bonds. The summed E-state index contributed by atoms with van der Waals surface area (Å²) < 4.78 is 0. The lowest BCUT2D eigenvalue weighted by Gasteiger charge is -2.04. The van der Waals surface area contributed by atoms with Crippen molar-refractivity contribution in [3.63, 3.8) is 0 Å². The maximum absolute atomic E-state index is 3.19. The molecule has 1 heteroatoms. The van der Waals surface area contributed by atoms with Crippen LogP contribution in [0.3, 0.4) is 0 Å². The summed E-state index contributed by atoms with van der Waals surface area (Å²) in [6, 6.07) is 8.60. The van der Waals surface area contributed by atoms with Crippen LogP contribution >= 0.6 is 0 Å². The predicted octanol–water partition coefficient (Wildman–Crippen LogP) is 3.01. The molecular formula is C13H19N. The average molecular weight is 189 g/mol. The maximum atomic E-state index is 3.19. The van der Waals surface area contributed by atoms with Crippen LogP contribution in [0.25, 0.3) is 6.08 Å². The van der Waals surface area contributed by atoms with Gasteiger partial charge in [0.1, 0.15) is 0 Å². The summed E-state index contributed by atoms with van der Waals surface area (Å²) in [4.78, 5) is 0. The van der Waals surface area contributed by atoms with Crippen molar-refractivity contribution in [1.29, 1.82) is 0 Å². The molecule has 1 aromatic carbocycles. The molecule has 0 aliphatic heterocycles. The van der Waals surface area contributed by atoms with E-state index < -0.39 is 0 Å². The molecule has 0 fully saturated rings. The first-order chi connectivity index (χ1) is 6.76. The van der Waals surface area contributed by atoms with Crippen LogP contribution in [0.5, 0.6) is 0 Å². The minimum atomic E-state index is 0.977. The zero-order valence-corrected chi connectivity index (χ0v) is 9.30. The van der Waals surface area contributed by atoms with E-state index in [0.717, 1.165) is 13.0 Å². The van der Waals surface area contributed by atoms with Crippen LogP contribution in [0, 0.1) is 6.92 Å². The molecule has 0 spiro atoms. The van der Waals surface area contributed by atoms with E-state index in [2.05, 4.69) is 49.5 Å². The fraction of sp³-hybridized carbons (Fsp3) is 0.385. The fourth-order valence-electron chi connectivity index (χ4n) is 1.50. The molecule has 0 saturated heterocycles. The Labute approximate surface area is 86.8 Å². The van der Waals surface area contributed by atoms with Crippen molar-refractivity contribution in [3.05, 3.63) is 41.0 Å². The number of hydrogen-bond donors (Lipinski definition) is 1. The normalized spacial score (nSPS) is 11.8. The molecule has 0 radical (unpaired) electrons. The zero-order chi connectivity index (χ0) is 10.4. The van der Waals surface area contributed by atoms with Crippen molar-refractivity contribution < 1.29 is 0 Å². The second-order valence-electron chi connectivity index (χ2n) is 3.60. The summed E-state index contributed by atoms with van der Waals surface area (Å²) >= 11 is 0. The van der Waals surface area contributed by atoms with Crippen molar-refractivity contribution in [3.8, 4) is 0 Å². The molecule has 1 nitrogen and oxygen atoms in total. The molecule has 0 bridgehead atoms. The predicted molar refractivity (Wildman–Crippen MR) is 63.4 cm³/mol. The van der Waals surface area contributed by atoms with Crippen molar-refractivity contribution in [2.24, 2.45) is 0 Å². The molecule has 1 aromatic rings. The second-order valence-corrected chi connectivity index (χ2v) is 3.60. The second kappa shape index (κ2) is 5.61. The molecule has 0 atom stereocenters. The average Bonchev–Trinajstić information content (AvgIpc) is 2.17. The van der Waals surface area contributed by atoms with E-state index in [1.807, 2.05) is 7.05 Å². The van der Waals surface area contributed by atoms with Gasteiger partial charge in [-0.2, -0.15) is 0 Å². The Morgan fingerprint density at radius 1 is 1.43 bits per heavy atom. The van der Waals surface area contributed by atoms with Gasteiger partial charge in [-0.05, 0) is 26.0 Å². The van der Waals surface area contributed by atoms with E-state index >= 15 is 0 Å². The lowest BCUT2D eigenvalue weighted by atomic mass is 10.1. The van der Waals surface area contributed by atoms with E-state index in [-0.39, 0.29) is 0 Å². The van der Waals surface area contributed by atoms with Gasteiger partial charge in [0.05, 0.1) is 0 Å². The third-order valence-corrected chi connectivity index (χ3v) is 2.27.